The fourth-order valence-electron chi connectivity index (χ4n) is 2.69. The molecule has 1 saturated heterocycles. The Morgan fingerprint density at radius 1 is 1.28 bits per heavy atom. The Bertz CT molecular complexity index is 900. The van der Waals surface area contributed by atoms with Gasteiger partial charge in [-0.25, -0.2) is 8.96 Å². The molecule has 4 atom stereocenters. The molecule has 0 amide bonds. The van der Waals surface area contributed by atoms with Gasteiger partial charge in [0.15, 0.2) is 6.23 Å². The molecule has 8 nitrogen and oxygen atoms in total. The molecule has 1 aromatic heterocycles. The second-order valence-corrected chi connectivity index (χ2v) is 7.22. The zero-order chi connectivity index (χ0) is 18.4. The highest BCUT2D eigenvalue weighted by molar-refractivity contribution is 7.71. The number of aromatic nitrogens is 1. The third kappa shape index (κ3) is 3.81. The minimum absolute atomic E-state index is 0.185. The lowest BCUT2D eigenvalue weighted by Gasteiger charge is -2.19. The maximum atomic E-state index is 13.5. The molecule has 3 rings (SSSR count). The molecular formula is C14H15FNO7PS. The van der Waals surface area contributed by atoms with Gasteiger partial charge in [-0.2, -0.15) is 0 Å². The van der Waals surface area contributed by atoms with Crippen LogP contribution in [0.3, 0.4) is 0 Å². The minimum atomic E-state index is -4.75. The highest BCUT2D eigenvalue weighted by atomic mass is 32.1. The number of pyridine rings is 1. The van der Waals surface area contributed by atoms with Crippen molar-refractivity contribution in [1.82, 2.24) is 4.57 Å². The molecule has 1 aliphatic heterocycles. The molecule has 2 heterocycles. The second-order valence-electron chi connectivity index (χ2n) is 5.59. The first-order chi connectivity index (χ1) is 11.7. The Balaban J connectivity index is 1.91. The smallest absolute Gasteiger partial charge is 0.387 e. The van der Waals surface area contributed by atoms with Gasteiger partial charge in [-0.05, 0) is 23.6 Å². The Labute approximate surface area is 146 Å². The van der Waals surface area contributed by atoms with Crippen molar-refractivity contribution in [2.45, 2.75) is 24.5 Å². The number of phosphoric ester groups is 1. The quantitative estimate of drug-likeness (QED) is 0.454. The minimum Gasteiger partial charge on any atom is -0.387 e. The lowest BCUT2D eigenvalue weighted by atomic mass is 10.1. The van der Waals surface area contributed by atoms with E-state index in [1.54, 1.807) is 12.1 Å². The maximum Gasteiger partial charge on any atom is 0.469 e. The summed E-state index contributed by atoms with van der Waals surface area (Å²) in [4.78, 5) is 17.5. The zero-order valence-corrected chi connectivity index (χ0v) is 14.3. The SMILES string of the molecule is O=P(O)(O)OC[C@H]1O[C@@H](n2ccc3ccc(F)cc3c2=S)[C@H](O)[C@H]1O. The number of aliphatic hydroxyl groups excluding tert-OH is 2. The van der Waals surface area contributed by atoms with Crippen LogP contribution in [0, 0.1) is 10.5 Å². The van der Waals surface area contributed by atoms with E-state index in [-0.39, 0.29) is 4.64 Å². The third-order valence-electron chi connectivity index (χ3n) is 3.91. The molecule has 0 spiro atoms. The number of aliphatic hydroxyl groups is 2. The molecular weight excluding hydrogens is 376 g/mol. The van der Waals surface area contributed by atoms with E-state index in [0.29, 0.717) is 10.8 Å². The van der Waals surface area contributed by atoms with Crippen LogP contribution >= 0.6 is 20.0 Å². The van der Waals surface area contributed by atoms with Crippen molar-refractivity contribution in [3.63, 3.8) is 0 Å². The highest BCUT2D eigenvalue weighted by Gasteiger charge is 2.44. The first-order valence-electron chi connectivity index (χ1n) is 7.19. The van der Waals surface area contributed by atoms with E-state index in [4.69, 9.17) is 26.7 Å². The summed E-state index contributed by atoms with van der Waals surface area (Å²) >= 11 is 5.31. The lowest BCUT2D eigenvalue weighted by Crippen LogP contribution is -2.33. The second kappa shape index (κ2) is 6.82. The summed E-state index contributed by atoms with van der Waals surface area (Å²) in [6, 6.07) is 5.75. The molecule has 0 unspecified atom stereocenters. The van der Waals surface area contributed by atoms with Crippen molar-refractivity contribution in [1.29, 1.82) is 0 Å². The standard InChI is InChI=1S/C14H15FNO7PS/c15-8-2-1-7-3-4-16(14(25)9(7)5-8)13-12(18)11(17)10(23-13)6-22-24(19,20)21/h1-5,10-13,17-18H,6H2,(H2,19,20,21)/t10-,11+,12-,13-/m1/s1. The van der Waals surface area contributed by atoms with Crippen LogP contribution < -0.4 is 0 Å². The summed E-state index contributed by atoms with van der Waals surface area (Å²) in [6.45, 7) is -0.617. The molecule has 1 fully saturated rings. The number of nitrogens with zero attached hydrogens (tertiary/aromatic N) is 1. The Morgan fingerprint density at radius 2 is 2.00 bits per heavy atom. The number of ether oxygens (including phenoxy) is 1. The molecule has 136 valence electrons. The van der Waals surface area contributed by atoms with E-state index < -0.39 is 44.8 Å². The lowest BCUT2D eigenvalue weighted by molar-refractivity contribution is -0.0526. The van der Waals surface area contributed by atoms with Crippen molar-refractivity contribution < 1.29 is 38.2 Å². The van der Waals surface area contributed by atoms with Gasteiger partial charge in [-0.3, -0.25) is 4.52 Å². The summed E-state index contributed by atoms with van der Waals surface area (Å²) in [5.41, 5.74) is 0. The Morgan fingerprint density at radius 3 is 2.68 bits per heavy atom. The van der Waals surface area contributed by atoms with Crippen LogP contribution in [0.1, 0.15) is 6.23 Å². The average molecular weight is 391 g/mol. The summed E-state index contributed by atoms with van der Waals surface area (Å²) in [5.74, 6) is -0.475. The van der Waals surface area contributed by atoms with Gasteiger partial charge in [0, 0.05) is 11.6 Å². The van der Waals surface area contributed by atoms with Gasteiger partial charge in [0.2, 0.25) is 0 Å². The fraction of sp³-hybridized carbons (Fsp3) is 0.357. The highest BCUT2D eigenvalue weighted by Crippen LogP contribution is 2.38. The first kappa shape index (κ1) is 18.6. The van der Waals surface area contributed by atoms with Crippen LogP contribution in [-0.2, 0) is 13.8 Å². The number of halogens is 1. The van der Waals surface area contributed by atoms with Crippen molar-refractivity contribution in [2.75, 3.05) is 6.61 Å². The Hall–Kier alpha value is -1.23. The van der Waals surface area contributed by atoms with Crippen LogP contribution in [0.5, 0.6) is 0 Å². The maximum absolute atomic E-state index is 13.5. The molecule has 0 bridgehead atoms. The van der Waals surface area contributed by atoms with Gasteiger partial charge in [-0.1, -0.05) is 18.3 Å². The number of hydrogen-bond donors (Lipinski definition) is 4. The van der Waals surface area contributed by atoms with Gasteiger partial charge in [0.1, 0.15) is 28.8 Å². The average Bonchev–Trinajstić information content (AvgIpc) is 2.81. The predicted octanol–water partition coefficient (Wildman–Crippen LogP) is 1.24. The number of fused-ring (bicyclic) bond motifs is 1. The molecule has 11 heteroatoms. The van der Waals surface area contributed by atoms with Crippen LogP contribution in [0.2, 0.25) is 0 Å². The van der Waals surface area contributed by atoms with E-state index in [0.717, 1.165) is 0 Å². The van der Waals surface area contributed by atoms with Gasteiger partial charge < -0.3 is 29.3 Å². The Kier molecular flexibility index (Phi) is 5.06. The van der Waals surface area contributed by atoms with Crippen molar-refractivity contribution >= 4 is 30.8 Å². The van der Waals surface area contributed by atoms with E-state index >= 15 is 0 Å². The summed E-state index contributed by atoms with van der Waals surface area (Å²) in [5, 5.41) is 21.3. The first-order valence-corrected chi connectivity index (χ1v) is 9.13. The van der Waals surface area contributed by atoms with Crippen LogP contribution in [-0.4, -0.2) is 49.5 Å². The predicted molar refractivity (Wildman–Crippen MR) is 86.6 cm³/mol. The van der Waals surface area contributed by atoms with Crippen molar-refractivity contribution in [3.8, 4) is 0 Å². The number of benzene rings is 1. The number of hydrogen-bond acceptors (Lipinski definition) is 6. The molecule has 0 saturated carbocycles. The van der Waals surface area contributed by atoms with E-state index in [1.807, 2.05) is 0 Å². The van der Waals surface area contributed by atoms with E-state index in [9.17, 15) is 19.2 Å². The fourth-order valence-corrected chi connectivity index (χ4v) is 3.38. The van der Waals surface area contributed by atoms with Gasteiger partial charge in [0.25, 0.3) is 0 Å². The largest absolute Gasteiger partial charge is 0.469 e. The van der Waals surface area contributed by atoms with Crippen LogP contribution in [0.25, 0.3) is 10.8 Å². The molecule has 1 aromatic carbocycles. The van der Waals surface area contributed by atoms with Crippen LogP contribution in [0.15, 0.2) is 30.5 Å². The third-order valence-corrected chi connectivity index (χ3v) is 4.83. The summed E-state index contributed by atoms with van der Waals surface area (Å²) in [6.07, 6.45) is -3.61. The van der Waals surface area contributed by atoms with Crippen LogP contribution in [0.4, 0.5) is 4.39 Å². The molecule has 25 heavy (non-hydrogen) atoms. The summed E-state index contributed by atoms with van der Waals surface area (Å²) < 4.78 is 35.6. The van der Waals surface area contributed by atoms with Crippen molar-refractivity contribution in [2.24, 2.45) is 0 Å². The molecule has 0 radical (unpaired) electrons. The van der Waals surface area contributed by atoms with Gasteiger partial charge in [-0.15, -0.1) is 0 Å². The van der Waals surface area contributed by atoms with E-state index in [2.05, 4.69) is 4.52 Å². The molecule has 1 aliphatic rings. The monoisotopic (exact) mass is 391 g/mol. The number of phosphoric acid groups is 1. The molecule has 0 aliphatic carbocycles. The van der Waals surface area contributed by atoms with Crippen molar-refractivity contribution in [3.05, 3.63) is 40.9 Å². The topological polar surface area (TPSA) is 121 Å². The number of rotatable bonds is 4. The normalized spacial score (nSPS) is 27.1. The van der Waals surface area contributed by atoms with Gasteiger partial charge in [0.05, 0.1) is 6.61 Å². The molecule has 4 N–H and O–H groups in total. The van der Waals surface area contributed by atoms with Gasteiger partial charge >= 0.3 is 7.82 Å². The molecule has 2 aromatic rings. The summed E-state index contributed by atoms with van der Waals surface area (Å²) in [7, 11) is -4.75. The zero-order valence-electron chi connectivity index (χ0n) is 12.6. The van der Waals surface area contributed by atoms with E-state index in [1.165, 1.54) is 22.9 Å².